The first-order chi connectivity index (χ1) is 24.5. The van der Waals surface area contributed by atoms with Crippen LogP contribution < -0.4 is 12.4 Å². The molecular formula is C48H86ClNO3. The fourth-order valence-electron chi connectivity index (χ4n) is 14.8. The lowest BCUT2D eigenvalue weighted by Gasteiger charge is -2.73. The van der Waals surface area contributed by atoms with Crippen molar-refractivity contribution in [2.45, 2.75) is 196 Å². The van der Waals surface area contributed by atoms with Crippen LogP contribution in [0.1, 0.15) is 190 Å². The Morgan fingerprint density at radius 3 is 1.92 bits per heavy atom. The zero-order valence-electron chi connectivity index (χ0n) is 36.4. The van der Waals surface area contributed by atoms with E-state index in [1.54, 1.807) is 0 Å². The topological polar surface area (TPSA) is 46.5 Å². The fraction of sp³-hybridized carbons (Fsp3) is 0.938. The van der Waals surface area contributed by atoms with Crippen molar-refractivity contribution >= 4 is 5.97 Å². The number of hydrogen-bond acceptors (Lipinski definition) is 3. The number of unbranched alkanes of at least 4 members (excludes halogenated alkanes) is 11. The number of rotatable bonds is 18. The minimum absolute atomic E-state index is 0. The molecule has 0 spiro atoms. The fourth-order valence-corrected chi connectivity index (χ4v) is 14.8. The number of aliphatic hydroxyl groups excluding tert-OH is 1. The molecule has 5 aliphatic rings. The lowest BCUT2D eigenvalue weighted by Crippen LogP contribution is -3.00. The lowest BCUT2D eigenvalue weighted by atomic mass is 9.32. The summed E-state index contributed by atoms with van der Waals surface area (Å²) in [5.74, 6) is 3.13. The standard InChI is InChI=1S/C48H86NO3.ClH/c1-11-12-13-14-15-16-17-18-19-20-21-22-33-49(9,10)34-42(51)52-41-27-28-45(6)39(44(41,4)5)26-29-47(8)40(45)24-23-38-43-37(36(2)3)25-30-48(43,35-50)32-31-46(38,47)7;/h37-41,43,50H,2,11-35H2,1,3-10H3;1H/q+1;/p-1/t37-,38?,39?,40?,41-,43?,45-,46+,47+,48+;/m0./s1. The van der Waals surface area contributed by atoms with E-state index in [4.69, 9.17) is 4.74 Å². The SMILES string of the molecule is C=C(C)[C@@H]1CC[C@]2(CO)CC[C@]3(C)C(CCC4[C@@]5(C)CC[C@H](OC(=O)C[N+](C)(C)CCCCCCCCCCCCCC)C(C)(C)C5CC[C@]43C)C12.[Cl-]. The molecular weight excluding hydrogens is 674 g/mol. The number of carbonyl (C=O) groups is 1. The van der Waals surface area contributed by atoms with Gasteiger partial charge in [-0.1, -0.05) is 118 Å². The van der Waals surface area contributed by atoms with Crippen molar-refractivity contribution in [3.63, 3.8) is 0 Å². The zero-order valence-corrected chi connectivity index (χ0v) is 37.2. The zero-order chi connectivity index (χ0) is 38.0. The van der Waals surface area contributed by atoms with Crippen LogP contribution in [-0.2, 0) is 9.53 Å². The van der Waals surface area contributed by atoms with E-state index in [9.17, 15) is 9.90 Å². The van der Waals surface area contributed by atoms with Gasteiger partial charge < -0.3 is 26.7 Å². The number of nitrogens with zero attached hydrogens (tertiary/aromatic N) is 1. The Morgan fingerprint density at radius 2 is 1.34 bits per heavy atom. The number of esters is 1. The monoisotopic (exact) mass is 760 g/mol. The van der Waals surface area contributed by atoms with Crippen LogP contribution in [0.25, 0.3) is 0 Å². The van der Waals surface area contributed by atoms with Gasteiger partial charge in [-0.05, 0) is 135 Å². The van der Waals surface area contributed by atoms with E-state index in [0.29, 0.717) is 53.6 Å². The van der Waals surface area contributed by atoms with E-state index in [-0.39, 0.29) is 40.7 Å². The Bertz CT molecular complexity index is 1220. The van der Waals surface area contributed by atoms with Gasteiger partial charge in [0.05, 0.1) is 20.6 Å². The molecule has 5 heteroatoms. The van der Waals surface area contributed by atoms with Crippen LogP contribution in [0.3, 0.4) is 0 Å². The summed E-state index contributed by atoms with van der Waals surface area (Å²) in [6, 6.07) is 0. The van der Waals surface area contributed by atoms with E-state index >= 15 is 0 Å². The number of halogens is 1. The van der Waals surface area contributed by atoms with Crippen molar-refractivity contribution in [1.82, 2.24) is 0 Å². The maximum atomic E-state index is 13.6. The average Bonchev–Trinajstić information content (AvgIpc) is 3.47. The largest absolute Gasteiger partial charge is 1.00 e. The number of hydrogen-bond donors (Lipinski definition) is 1. The summed E-state index contributed by atoms with van der Waals surface area (Å²) in [6.07, 6.45) is 28.6. The van der Waals surface area contributed by atoms with Crippen LogP contribution in [0, 0.1) is 56.7 Å². The molecule has 308 valence electrons. The van der Waals surface area contributed by atoms with Crippen molar-refractivity contribution < 1.29 is 31.5 Å². The molecule has 0 aromatic carbocycles. The van der Waals surface area contributed by atoms with E-state index in [1.165, 1.54) is 140 Å². The Hall–Kier alpha value is -0.580. The van der Waals surface area contributed by atoms with Crippen LogP contribution in [0.15, 0.2) is 12.2 Å². The van der Waals surface area contributed by atoms with Gasteiger partial charge in [0.1, 0.15) is 6.10 Å². The van der Waals surface area contributed by atoms with Gasteiger partial charge in [0.25, 0.3) is 0 Å². The summed E-state index contributed by atoms with van der Waals surface area (Å²) in [6.45, 7) is 23.9. The van der Waals surface area contributed by atoms with Crippen LogP contribution >= 0.6 is 0 Å². The predicted molar refractivity (Wildman–Crippen MR) is 219 cm³/mol. The molecule has 0 aromatic heterocycles. The molecule has 0 heterocycles. The third-order valence-corrected chi connectivity index (χ3v) is 17.9. The van der Waals surface area contributed by atoms with Gasteiger partial charge in [-0.15, -0.1) is 0 Å². The number of fused-ring (bicyclic) bond motifs is 7. The second-order valence-corrected chi connectivity index (χ2v) is 21.8. The Balaban J connectivity index is 0.00000627. The third kappa shape index (κ3) is 8.81. The Labute approximate surface area is 334 Å². The molecule has 0 bridgehead atoms. The molecule has 0 radical (unpaired) electrons. The second kappa shape index (κ2) is 17.9. The first kappa shape index (κ1) is 45.1. The molecule has 4 unspecified atom stereocenters. The highest BCUT2D eigenvalue weighted by atomic mass is 35.5. The highest BCUT2D eigenvalue weighted by molar-refractivity contribution is 5.70. The van der Waals surface area contributed by atoms with Crippen LogP contribution in [-0.4, -0.2) is 55.5 Å². The second-order valence-electron chi connectivity index (χ2n) is 21.8. The minimum Gasteiger partial charge on any atom is -1.00 e. The Kier molecular flexibility index (Phi) is 15.3. The number of carbonyl (C=O) groups excluding carboxylic acids is 1. The van der Waals surface area contributed by atoms with E-state index in [2.05, 4.69) is 69.1 Å². The number of likely N-dealkylation sites (N-methyl/N-ethyl adjacent to an activating group) is 1. The van der Waals surface area contributed by atoms with Crippen molar-refractivity contribution in [3.8, 4) is 0 Å². The molecule has 5 saturated carbocycles. The van der Waals surface area contributed by atoms with Crippen LogP contribution in [0.5, 0.6) is 0 Å². The molecule has 0 aromatic rings. The van der Waals surface area contributed by atoms with Gasteiger partial charge in [0.2, 0.25) is 0 Å². The minimum atomic E-state index is -0.0243. The van der Waals surface area contributed by atoms with Gasteiger partial charge in [0.15, 0.2) is 6.54 Å². The lowest BCUT2D eigenvalue weighted by molar-refractivity contribution is -0.883. The van der Waals surface area contributed by atoms with Gasteiger partial charge in [0, 0.05) is 12.0 Å². The highest BCUT2D eigenvalue weighted by Crippen LogP contribution is 2.77. The smallest absolute Gasteiger partial charge is 0.362 e. The van der Waals surface area contributed by atoms with Crippen LogP contribution in [0.4, 0.5) is 0 Å². The Morgan fingerprint density at radius 1 is 0.736 bits per heavy atom. The summed E-state index contributed by atoms with van der Waals surface area (Å²) in [5, 5.41) is 10.9. The summed E-state index contributed by atoms with van der Waals surface area (Å²) >= 11 is 0. The first-order valence-corrected chi connectivity index (χ1v) is 22.8. The first-order valence-electron chi connectivity index (χ1n) is 22.8. The molecule has 5 fully saturated rings. The van der Waals surface area contributed by atoms with Crippen molar-refractivity contribution in [3.05, 3.63) is 12.2 Å². The number of ether oxygens (including phenoxy) is 1. The summed E-state index contributed by atoms with van der Waals surface area (Å²) in [7, 11) is 4.45. The molecule has 5 aliphatic carbocycles. The van der Waals surface area contributed by atoms with Gasteiger partial charge >= 0.3 is 5.97 Å². The van der Waals surface area contributed by atoms with Crippen molar-refractivity contribution in [1.29, 1.82) is 0 Å². The number of aliphatic hydroxyl groups is 1. The van der Waals surface area contributed by atoms with Gasteiger partial charge in [-0.2, -0.15) is 0 Å². The highest BCUT2D eigenvalue weighted by Gasteiger charge is 2.71. The normalized spacial score (nSPS) is 38.8. The van der Waals surface area contributed by atoms with Crippen LogP contribution in [0.2, 0.25) is 0 Å². The molecule has 4 nitrogen and oxygen atoms in total. The van der Waals surface area contributed by atoms with E-state index < -0.39 is 0 Å². The molecule has 10 atom stereocenters. The molecule has 0 aliphatic heterocycles. The quantitative estimate of drug-likeness (QED) is 0.0656. The van der Waals surface area contributed by atoms with E-state index in [1.807, 2.05) is 0 Å². The van der Waals surface area contributed by atoms with E-state index in [0.717, 1.165) is 17.4 Å². The number of allylic oxidation sites excluding steroid dienone is 1. The summed E-state index contributed by atoms with van der Waals surface area (Å²) in [5.41, 5.74) is 2.32. The van der Waals surface area contributed by atoms with Gasteiger partial charge in [-0.3, -0.25) is 0 Å². The molecule has 1 N–H and O–H groups in total. The molecule has 0 saturated heterocycles. The molecule has 53 heavy (non-hydrogen) atoms. The maximum absolute atomic E-state index is 13.6. The maximum Gasteiger partial charge on any atom is 0.362 e. The third-order valence-electron chi connectivity index (χ3n) is 17.9. The average molecular weight is 761 g/mol. The molecule has 0 amide bonds. The number of quaternary nitrogens is 1. The predicted octanol–water partition coefficient (Wildman–Crippen LogP) is 9.33. The van der Waals surface area contributed by atoms with Crippen molar-refractivity contribution in [2.24, 2.45) is 56.7 Å². The summed E-state index contributed by atoms with van der Waals surface area (Å²) in [4.78, 5) is 13.6. The molecule has 5 rings (SSSR count). The van der Waals surface area contributed by atoms with Crippen molar-refractivity contribution in [2.75, 3.05) is 33.8 Å². The summed E-state index contributed by atoms with van der Waals surface area (Å²) < 4.78 is 7.27. The van der Waals surface area contributed by atoms with Gasteiger partial charge in [-0.25, -0.2) is 4.79 Å².